The molecule has 0 saturated carbocycles. The van der Waals surface area contributed by atoms with E-state index < -0.39 is 23.1 Å². The lowest BCUT2D eigenvalue weighted by Gasteiger charge is -2.08. The summed E-state index contributed by atoms with van der Waals surface area (Å²) in [6.45, 7) is 2.86. The zero-order chi connectivity index (χ0) is 16.4. The normalized spacial score (nSPS) is 10.3. The Balaban J connectivity index is 2.87. The lowest BCUT2D eigenvalue weighted by Crippen LogP contribution is -2.04. The highest BCUT2D eigenvalue weighted by molar-refractivity contribution is 5.98. The summed E-state index contributed by atoms with van der Waals surface area (Å²) in [4.78, 5) is 34.7. The zero-order valence-corrected chi connectivity index (χ0v) is 12.3. The second-order valence-electron chi connectivity index (χ2n) is 4.70. The van der Waals surface area contributed by atoms with E-state index in [9.17, 15) is 19.5 Å². The van der Waals surface area contributed by atoms with Crippen molar-refractivity contribution in [2.45, 2.75) is 13.8 Å². The van der Waals surface area contributed by atoms with Gasteiger partial charge in [0.1, 0.15) is 5.75 Å². The lowest BCUT2D eigenvalue weighted by molar-refractivity contribution is -0.131. The van der Waals surface area contributed by atoms with Gasteiger partial charge in [-0.2, -0.15) is 0 Å². The van der Waals surface area contributed by atoms with Crippen LogP contribution in [0.3, 0.4) is 0 Å². The molecule has 6 heteroatoms. The van der Waals surface area contributed by atoms with Gasteiger partial charge >= 0.3 is 11.9 Å². The summed E-state index contributed by atoms with van der Waals surface area (Å²) in [5.41, 5.74) is -0.273. The first-order valence-electron chi connectivity index (χ1n) is 6.42. The van der Waals surface area contributed by atoms with Gasteiger partial charge in [-0.15, -0.1) is 0 Å². The van der Waals surface area contributed by atoms with Crippen molar-refractivity contribution in [1.82, 2.24) is 0 Å². The predicted molar refractivity (Wildman–Crippen MR) is 79.3 cm³/mol. The van der Waals surface area contributed by atoms with Crippen LogP contribution in [0.1, 0.15) is 22.8 Å². The molecule has 0 amide bonds. The van der Waals surface area contributed by atoms with Gasteiger partial charge in [-0.05, 0) is 24.4 Å². The molecule has 0 spiro atoms. The van der Waals surface area contributed by atoms with E-state index in [1.54, 1.807) is 13.0 Å². The summed E-state index contributed by atoms with van der Waals surface area (Å²) in [5, 5.41) is 10.8. The highest BCUT2D eigenvalue weighted by Crippen LogP contribution is 2.31. The van der Waals surface area contributed by atoms with Crippen LogP contribution >= 0.6 is 0 Å². The quantitative estimate of drug-likeness (QED) is 0.673. The Kier molecular flexibility index (Phi) is 4.12. The van der Waals surface area contributed by atoms with Crippen molar-refractivity contribution in [3.8, 4) is 11.5 Å². The summed E-state index contributed by atoms with van der Waals surface area (Å²) >= 11 is 0. The highest BCUT2D eigenvalue weighted by Gasteiger charge is 2.15. The van der Waals surface area contributed by atoms with Crippen molar-refractivity contribution in [3.05, 3.63) is 45.6 Å². The van der Waals surface area contributed by atoms with Crippen LogP contribution in [0.2, 0.25) is 0 Å². The minimum Gasteiger partial charge on any atom is -0.504 e. The molecule has 1 N–H and O–H groups in total. The Hall–Kier alpha value is -2.89. The molecule has 0 bridgehead atoms. The standard InChI is InChI=1S/C16H14O6/c1-8-13(22-9(2)17)5-4-10-6-11(16(20)21-3)7-12(18)15(19)14(8)10/h4-7H,1-3H3,(H,18,19). The molecule has 0 aliphatic heterocycles. The molecule has 0 aliphatic rings. The molecule has 0 aliphatic carbocycles. The van der Waals surface area contributed by atoms with Crippen molar-refractivity contribution in [3.63, 3.8) is 0 Å². The van der Waals surface area contributed by atoms with Gasteiger partial charge in [-0.25, -0.2) is 4.79 Å². The molecule has 6 nitrogen and oxygen atoms in total. The second kappa shape index (κ2) is 5.85. The molecular weight excluding hydrogens is 288 g/mol. The van der Waals surface area contributed by atoms with Crippen LogP contribution < -0.4 is 10.2 Å². The molecule has 0 unspecified atom stereocenters. The number of hydrogen-bond acceptors (Lipinski definition) is 6. The molecule has 0 heterocycles. The van der Waals surface area contributed by atoms with Crippen molar-refractivity contribution in [2.24, 2.45) is 0 Å². The fraction of sp³-hybridized carbons (Fsp3) is 0.188. The molecule has 0 radical (unpaired) electrons. The Morgan fingerprint density at radius 2 is 1.86 bits per heavy atom. The average Bonchev–Trinajstić information content (AvgIpc) is 2.59. The molecule has 0 saturated heterocycles. The summed E-state index contributed by atoms with van der Waals surface area (Å²) in [6, 6.07) is 5.52. The third-order valence-electron chi connectivity index (χ3n) is 3.19. The zero-order valence-electron chi connectivity index (χ0n) is 12.3. The van der Waals surface area contributed by atoms with Crippen LogP contribution in [0.5, 0.6) is 11.5 Å². The SMILES string of the molecule is COC(=O)c1cc(=O)c(O)c2c(C)c(OC(C)=O)ccc2c1. The van der Waals surface area contributed by atoms with Crippen molar-refractivity contribution in [2.75, 3.05) is 7.11 Å². The number of esters is 2. The smallest absolute Gasteiger partial charge is 0.338 e. The van der Waals surface area contributed by atoms with E-state index in [0.717, 1.165) is 6.07 Å². The molecule has 0 fully saturated rings. The first kappa shape index (κ1) is 15.5. The molecule has 2 aromatic carbocycles. The largest absolute Gasteiger partial charge is 0.504 e. The maximum absolute atomic E-state index is 12.0. The van der Waals surface area contributed by atoms with Gasteiger partial charge < -0.3 is 14.6 Å². The minimum atomic E-state index is -0.724. The van der Waals surface area contributed by atoms with E-state index in [-0.39, 0.29) is 16.7 Å². The number of aryl methyl sites for hydroxylation is 1. The van der Waals surface area contributed by atoms with Crippen LogP contribution in [0.4, 0.5) is 0 Å². The fourth-order valence-corrected chi connectivity index (χ4v) is 2.19. The Morgan fingerprint density at radius 1 is 1.18 bits per heavy atom. The number of carbonyl (C=O) groups is 2. The van der Waals surface area contributed by atoms with Crippen molar-refractivity contribution < 1.29 is 24.2 Å². The average molecular weight is 302 g/mol. The van der Waals surface area contributed by atoms with E-state index in [0.29, 0.717) is 10.9 Å². The van der Waals surface area contributed by atoms with Gasteiger partial charge in [0.25, 0.3) is 0 Å². The number of ether oxygens (including phenoxy) is 2. The maximum Gasteiger partial charge on any atom is 0.338 e. The molecule has 0 aromatic heterocycles. The van der Waals surface area contributed by atoms with E-state index in [1.165, 1.54) is 26.2 Å². The van der Waals surface area contributed by atoms with Gasteiger partial charge in [0.15, 0.2) is 5.75 Å². The number of benzene rings is 1. The first-order chi connectivity index (χ1) is 10.3. The van der Waals surface area contributed by atoms with E-state index in [2.05, 4.69) is 4.74 Å². The molecular formula is C16H14O6. The second-order valence-corrected chi connectivity index (χ2v) is 4.70. The van der Waals surface area contributed by atoms with Crippen LogP contribution in [0.25, 0.3) is 10.8 Å². The predicted octanol–water partition coefficient (Wildman–Crippen LogP) is 1.93. The summed E-state index contributed by atoms with van der Waals surface area (Å²) in [6.07, 6.45) is 0. The van der Waals surface area contributed by atoms with Crippen molar-refractivity contribution in [1.29, 1.82) is 0 Å². The van der Waals surface area contributed by atoms with Crippen LogP contribution in [-0.2, 0) is 9.53 Å². The Morgan fingerprint density at radius 3 is 2.45 bits per heavy atom. The number of hydrogen-bond donors (Lipinski definition) is 1. The topological polar surface area (TPSA) is 89.9 Å². The third-order valence-corrected chi connectivity index (χ3v) is 3.19. The van der Waals surface area contributed by atoms with Crippen LogP contribution in [0, 0.1) is 6.92 Å². The number of methoxy groups -OCH3 is 1. The maximum atomic E-state index is 12.0. The van der Waals surface area contributed by atoms with Crippen molar-refractivity contribution >= 4 is 22.7 Å². The number of fused-ring (bicyclic) bond motifs is 1. The minimum absolute atomic E-state index is 0.0254. The molecule has 114 valence electrons. The van der Waals surface area contributed by atoms with E-state index in [1.807, 2.05) is 0 Å². The fourth-order valence-electron chi connectivity index (χ4n) is 2.19. The summed E-state index contributed by atoms with van der Waals surface area (Å²) < 4.78 is 9.63. The Bertz CT molecular complexity index is 838. The van der Waals surface area contributed by atoms with Gasteiger partial charge in [-0.3, -0.25) is 9.59 Å². The number of carbonyl (C=O) groups excluding carboxylic acids is 2. The summed E-state index contributed by atoms with van der Waals surface area (Å²) in [7, 11) is 1.20. The molecule has 2 aromatic rings. The van der Waals surface area contributed by atoms with Gasteiger partial charge in [0.05, 0.1) is 12.7 Å². The molecule has 0 atom stereocenters. The lowest BCUT2D eigenvalue weighted by atomic mass is 10.1. The highest BCUT2D eigenvalue weighted by atomic mass is 16.5. The molecule has 22 heavy (non-hydrogen) atoms. The van der Waals surface area contributed by atoms with Gasteiger partial charge in [0, 0.05) is 23.9 Å². The van der Waals surface area contributed by atoms with E-state index >= 15 is 0 Å². The van der Waals surface area contributed by atoms with E-state index in [4.69, 9.17) is 4.74 Å². The first-order valence-corrected chi connectivity index (χ1v) is 6.42. The summed E-state index contributed by atoms with van der Waals surface area (Å²) in [5.74, 6) is -1.48. The van der Waals surface area contributed by atoms with Crippen LogP contribution in [0.15, 0.2) is 29.1 Å². The number of aromatic hydroxyl groups is 1. The molecule has 2 rings (SSSR count). The number of rotatable bonds is 2. The monoisotopic (exact) mass is 302 g/mol. The van der Waals surface area contributed by atoms with Crippen LogP contribution in [-0.4, -0.2) is 24.2 Å². The van der Waals surface area contributed by atoms with Gasteiger partial charge in [0.2, 0.25) is 5.43 Å². The Labute approximate surface area is 125 Å². The third kappa shape index (κ3) is 2.76. The van der Waals surface area contributed by atoms with Gasteiger partial charge in [-0.1, -0.05) is 6.07 Å².